The fraction of sp³-hybridized carbons (Fsp3) is 0.600. The Labute approximate surface area is 162 Å². The Hall–Kier alpha value is -1.82. The van der Waals surface area contributed by atoms with Crippen molar-refractivity contribution in [2.75, 3.05) is 0 Å². The van der Waals surface area contributed by atoms with Crippen molar-refractivity contribution < 1.29 is 9.90 Å². The van der Waals surface area contributed by atoms with Gasteiger partial charge in [-0.05, 0) is 56.0 Å². The highest BCUT2D eigenvalue weighted by Gasteiger charge is 2.27. The number of hydrazine groups is 1. The quantitative estimate of drug-likeness (QED) is 0.440. The molecule has 0 aliphatic carbocycles. The predicted molar refractivity (Wildman–Crippen MR) is 112 cm³/mol. The van der Waals surface area contributed by atoms with Gasteiger partial charge in [-0.1, -0.05) is 41.5 Å². The Balaban J connectivity index is 3.16. The highest BCUT2D eigenvalue weighted by molar-refractivity contribution is 7.80. The van der Waals surface area contributed by atoms with Gasteiger partial charge in [-0.2, -0.15) is 0 Å². The van der Waals surface area contributed by atoms with Gasteiger partial charge in [0.1, 0.15) is 5.75 Å². The molecule has 0 spiro atoms. The molecule has 1 aromatic rings. The van der Waals surface area contributed by atoms with E-state index in [-0.39, 0.29) is 28.0 Å². The summed E-state index contributed by atoms with van der Waals surface area (Å²) in [4.78, 5) is 12.6. The van der Waals surface area contributed by atoms with Crippen molar-refractivity contribution in [2.45, 2.75) is 78.7 Å². The molecule has 1 amide bonds. The second-order valence-electron chi connectivity index (χ2n) is 9.70. The lowest BCUT2D eigenvalue weighted by molar-refractivity contribution is 0.0943. The predicted octanol–water partition coefficient (Wildman–Crippen LogP) is 3.89. The van der Waals surface area contributed by atoms with Crippen molar-refractivity contribution in [2.24, 2.45) is 0 Å². The smallest absolute Gasteiger partial charge is 0.269 e. The summed E-state index contributed by atoms with van der Waals surface area (Å²) in [5.74, 6) is -0.0570. The lowest BCUT2D eigenvalue weighted by atomic mass is 9.78. The molecule has 146 valence electrons. The molecule has 0 atom stereocenters. The minimum Gasteiger partial charge on any atom is -0.507 e. The van der Waals surface area contributed by atoms with Gasteiger partial charge in [0.25, 0.3) is 5.91 Å². The number of hydrogen-bond donors (Lipinski definition) is 4. The van der Waals surface area contributed by atoms with Gasteiger partial charge in [0.2, 0.25) is 0 Å². The van der Waals surface area contributed by atoms with Crippen LogP contribution >= 0.6 is 12.2 Å². The van der Waals surface area contributed by atoms with Crippen LogP contribution in [-0.4, -0.2) is 21.7 Å². The molecule has 0 heterocycles. The van der Waals surface area contributed by atoms with Crippen LogP contribution in [0.4, 0.5) is 0 Å². The van der Waals surface area contributed by atoms with Gasteiger partial charge >= 0.3 is 0 Å². The van der Waals surface area contributed by atoms with Gasteiger partial charge in [0, 0.05) is 22.2 Å². The molecule has 0 aliphatic heterocycles. The molecule has 0 bridgehead atoms. The van der Waals surface area contributed by atoms with Gasteiger partial charge in [-0.3, -0.25) is 15.6 Å². The van der Waals surface area contributed by atoms with Gasteiger partial charge in [0.05, 0.1) is 0 Å². The molecule has 1 aromatic carbocycles. The summed E-state index contributed by atoms with van der Waals surface area (Å²) in [6.07, 6.45) is 0. The zero-order chi connectivity index (χ0) is 20.5. The topological polar surface area (TPSA) is 73.4 Å². The zero-order valence-electron chi connectivity index (χ0n) is 17.4. The van der Waals surface area contributed by atoms with E-state index in [1.165, 1.54) is 0 Å². The number of phenols is 1. The van der Waals surface area contributed by atoms with E-state index in [4.69, 9.17) is 12.2 Å². The first-order valence-corrected chi connectivity index (χ1v) is 9.19. The number of hydrogen-bond acceptors (Lipinski definition) is 3. The highest BCUT2D eigenvalue weighted by Crippen LogP contribution is 2.39. The van der Waals surface area contributed by atoms with Crippen molar-refractivity contribution in [1.29, 1.82) is 0 Å². The maximum atomic E-state index is 12.6. The second kappa shape index (κ2) is 7.43. The first-order chi connectivity index (χ1) is 11.5. The molecule has 5 nitrogen and oxygen atoms in total. The molecule has 0 radical (unpaired) electrons. The van der Waals surface area contributed by atoms with Crippen LogP contribution in [0, 0.1) is 0 Å². The van der Waals surface area contributed by atoms with E-state index in [0.29, 0.717) is 10.7 Å². The molecule has 4 N–H and O–H groups in total. The van der Waals surface area contributed by atoms with Crippen LogP contribution in [0.5, 0.6) is 5.75 Å². The van der Waals surface area contributed by atoms with Crippen LogP contribution in [0.2, 0.25) is 0 Å². The third kappa shape index (κ3) is 6.16. The number of thiocarbonyl (C=S) groups is 1. The van der Waals surface area contributed by atoms with Crippen molar-refractivity contribution in [3.8, 4) is 5.75 Å². The Kier molecular flexibility index (Phi) is 6.35. The molecule has 0 aliphatic rings. The summed E-state index contributed by atoms with van der Waals surface area (Å²) in [7, 11) is 0. The zero-order valence-corrected chi connectivity index (χ0v) is 18.2. The summed E-state index contributed by atoms with van der Waals surface area (Å²) in [5, 5.41) is 14.2. The minimum atomic E-state index is -0.306. The number of amides is 1. The van der Waals surface area contributed by atoms with Crippen LogP contribution in [0.25, 0.3) is 0 Å². The number of aromatic hydroxyl groups is 1. The third-order valence-corrected chi connectivity index (χ3v) is 3.97. The standard InChI is InChI=1S/C20H33N3O2S/c1-18(2,3)13-10-12(11-14(15(13)24)19(4,5)6)16(25)22-23-17(26)21-20(7,8)9/h10-11,24H,1-9H3,(H,22,25)(H2,21,23,26). The van der Waals surface area contributed by atoms with Crippen LogP contribution in [-0.2, 0) is 10.8 Å². The van der Waals surface area contributed by atoms with Crippen molar-refractivity contribution in [3.05, 3.63) is 28.8 Å². The lowest BCUT2D eigenvalue weighted by Gasteiger charge is -2.28. The number of rotatable bonds is 1. The van der Waals surface area contributed by atoms with E-state index < -0.39 is 0 Å². The number of benzene rings is 1. The third-order valence-electron chi connectivity index (χ3n) is 3.77. The van der Waals surface area contributed by atoms with Crippen molar-refractivity contribution >= 4 is 23.2 Å². The van der Waals surface area contributed by atoms with Gasteiger partial charge in [-0.25, -0.2) is 0 Å². The lowest BCUT2D eigenvalue weighted by Crippen LogP contribution is -2.52. The first kappa shape index (κ1) is 22.2. The number of carbonyl (C=O) groups is 1. The minimum absolute atomic E-state index is 0.202. The molecule has 0 aromatic heterocycles. The molecule has 1 rings (SSSR count). The van der Waals surface area contributed by atoms with Crippen molar-refractivity contribution in [3.63, 3.8) is 0 Å². The van der Waals surface area contributed by atoms with Crippen LogP contribution in [0.15, 0.2) is 12.1 Å². The largest absolute Gasteiger partial charge is 0.507 e. The van der Waals surface area contributed by atoms with Crippen LogP contribution in [0.3, 0.4) is 0 Å². The van der Waals surface area contributed by atoms with E-state index >= 15 is 0 Å². The Morgan fingerprint density at radius 1 is 0.885 bits per heavy atom. The average molecular weight is 380 g/mol. The Morgan fingerprint density at radius 3 is 1.65 bits per heavy atom. The average Bonchev–Trinajstić information content (AvgIpc) is 2.40. The van der Waals surface area contributed by atoms with Crippen LogP contribution in [0.1, 0.15) is 83.8 Å². The summed E-state index contributed by atoms with van der Waals surface area (Å²) in [5.41, 5.74) is 6.52. The number of phenolic OH excluding ortho intramolecular Hbond substituents is 1. The highest BCUT2D eigenvalue weighted by atomic mass is 32.1. The molecular weight excluding hydrogens is 346 g/mol. The van der Waals surface area contributed by atoms with E-state index in [1.54, 1.807) is 12.1 Å². The van der Waals surface area contributed by atoms with Gasteiger partial charge in [0.15, 0.2) is 5.11 Å². The monoisotopic (exact) mass is 379 g/mol. The Bertz CT molecular complexity index is 657. The summed E-state index contributed by atoms with van der Waals surface area (Å²) in [6, 6.07) is 3.48. The molecule has 6 heteroatoms. The molecule has 26 heavy (non-hydrogen) atoms. The molecule has 0 unspecified atom stereocenters. The number of carbonyl (C=O) groups excluding carboxylic acids is 1. The van der Waals surface area contributed by atoms with Gasteiger partial charge < -0.3 is 10.4 Å². The fourth-order valence-corrected chi connectivity index (χ4v) is 2.82. The molecule has 0 saturated carbocycles. The second-order valence-corrected chi connectivity index (χ2v) is 10.1. The molecular formula is C20H33N3O2S. The normalized spacial score (nSPS) is 12.5. The van der Waals surface area contributed by atoms with E-state index in [0.717, 1.165) is 11.1 Å². The molecule has 0 saturated heterocycles. The van der Waals surface area contributed by atoms with E-state index in [9.17, 15) is 9.90 Å². The summed E-state index contributed by atoms with van der Waals surface area (Å²) in [6.45, 7) is 18.0. The fourth-order valence-electron chi connectivity index (χ4n) is 2.47. The Morgan fingerprint density at radius 2 is 1.31 bits per heavy atom. The van der Waals surface area contributed by atoms with Crippen molar-refractivity contribution in [1.82, 2.24) is 16.2 Å². The molecule has 0 fully saturated rings. The maximum Gasteiger partial charge on any atom is 0.269 e. The van der Waals surface area contributed by atoms with E-state index in [1.807, 2.05) is 62.3 Å². The maximum absolute atomic E-state index is 12.6. The van der Waals surface area contributed by atoms with Crippen LogP contribution < -0.4 is 16.2 Å². The van der Waals surface area contributed by atoms with E-state index in [2.05, 4.69) is 16.2 Å². The summed E-state index contributed by atoms with van der Waals surface area (Å²) >= 11 is 5.18. The number of nitrogens with one attached hydrogen (secondary N) is 3. The first-order valence-electron chi connectivity index (χ1n) is 8.79. The summed E-state index contributed by atoms with van der Waals surface area (Å²) < 4.78 is 0. The van der Waals surface area contributed by atoms with Gasteiger partial charge in [-0.15, -0.1) is 0 Å². The SMILES string of the molecule is CC(C)(C)NC(=S)NNC(=O)c1cc(C(C)(C)C)c(O)c(C(C)(C)C)c1.